The molecule has 0 aliphatic carbocycles. The largest absolute Gasteiger partial charge is 0.347 e. The Balaban J connectivity index is 1.30. The number of benzene rings is 3. The Hall–Kier alpha value is -3.46. The maximum absolute atomic E-state index is 12.5. The minimum Gasteiger partial charge on any atom is -0.347 e. The van der Waals surface area contributed by atoms with Crippen LogP contribution in [0.5, 0.6) is 0 Å². The zero-order valence-electron chi connectivity index (χ0n) is 19.2. The molecule has 0 unspecified atom stereocenters. The highest BCUT2D eigenvalue weighted by molar-refractivity contribution is 7.98. The van der Waals surface area contributed by atoms with Gasteiger partial charge in [-0.05, 0) is 29.3 Å². The number of nitrogens with zero attached hydrogens (tertiary/aromatic N) is 4. The average Bonchev–Trinajstić information content (AvgIpc) is 3.54. The van der Waals surface area contributed by atoms with Crippen molar-refractivity contribution in [1.29, 1.82) is 0 Å². The number of aromatic nitrogens is 4. The summed E-state index contributed by atoms with van der Waals surface area (Å²) < 4.78 is 2.03. The smallest absolute Gasteiger partial charge is 0.271 e. The molecule has 6 nitrogen and oxygen atoms in total. The molecule has 2 heterocycles. The number of thioether (sulfide) groups is 1. The average molecular weight is 532 g/mol. The van der Waals surface area contributed by atoms with Gasteiger partial charge in [0.1, 0.15) is 16.5 Å². The second kappa shape index (κ2) is 11.5. The first-order chi connectivity index (χ1) is 17.7. The van der Waals surface area contributed by atoms with E-state index in [1.807, 2.05) is 77.4 Å². The quantitative estimate of drug-likeness (QED) is 0.230. The van der Waals surface area contributed by atoms with E-state index in [4.69, 9.17) is 11.6 Å². The Kier molecular flexibility index (Phi) is 7.76. The molecule has 180 valence electrons. The summed E-state index contributed by atoms with van der Waals surface area (Å²) in [5, 5.41) is 15.9. The summed E-state index contributed by atoms with van der Waals surface area (Å²) in [6, 6.07) is 27.6. The first-order valence-electron chi connectivity index (χ1n) is 11.3. The lowest BCUT2D eigenvalue weighted by Crippen LogP contribution is -2.23. The van der Waals surface area contributed by atoms with Crippen molar-refractivity contribution in [1.82, 2.24) is 25.1 Å². The first kappa shape index (κ1) is 24.2. The van der Waals surface area contributed by atoms with Crippen LogP contribution in [0.2, 0.25) is 5.02 Å². The molecule has 0 saturated heterocycles. The fraction of sp³-hybridized carbons (Fsp3) is 0.111. The van der Waals surface area contributed by atoms with E-state index in [2.05, 4.69) is 32.6 Å². The number of hydrogen-bond acceptors (Lipinski definition) is 6. The normalized spacial score (nSPS) is 10.9. The highest BCUT2D eigenvalue weighted by atomic mass is 35.5. The Labute approximate surface area is 222 Å². The Morgan fingerprint density at radius 3 is 2.44 bits per heavy atom. The van der Waals surface area contributed by atoms with E-state index >= 15 is 0 Å². The lowest BCUT2D eigenvalue weighted by Gasteiger charge is -2.10. The van der Waals surface area contributed by atoms with Gasteiger partial charge in [0.25, 0.3) is 5.91 Å². The Bertz CT molecular complexity index is 1450. The van der Waals surface area contributed by atoms with Gasteiger partial charge in [-0.1, -0.05) is 90.1 Å². The van der Waals surface area contributed by atoms with Crippen LogP contribution in [0, 0.1) is 0 Å². The van der Waals surface area contributed by atoms with E-state index in [-0.39, 0.29) is 5.91 Å². The lowest BCUT2D eigenvalue weighted by molar-refractivity contribution is 0.0946. The van der Waals surface area contributed by atoms with Crippen molar-refractivity contribution in [3.8, 4) is 5.69 Å². The molecule has 1 N–H and O–H groups in total. The van der Waals surface area contributed by atoms with Gasteiger partial charge in [-0.15, -0.1) is 21.5 Å². The number of halogens is 1. The zero-order valence-corrected chi connectivity index (χ0v) is 21.6. The third kappa shape index (κ3) is 6.02. The van der Waals surface area contributed by atoms with Gasteiger partial charge in [-0.25, -0.2) is 4.98 Å². The molecule has 5 aromatic rings. The molecule has 3 aromatic carbocycles. The molecule has 36 heavy (non-hydrogen) atoms. The second-order valence-corrected chi connectivity index (χ2v) is 10.3. The van der Waals surface area contributed by atoms with Gasteiger partial charge in [0.15, 0.2) is 5.16 Å². The van der Waals surface area contributed by atoms with Crippen molar-refractivity contribution in [3.05, 3.63) is 123 Å². The molecule has 5 rings (SSSR count). The van der Waals surface area contributed by atoms with E-state index in [0.717, 1.165) is 32.8 Å². The molecular formula is C27H22ClN5OS2. The van der Waals surface area contributed by atoms with Crippen LogP contribution in [0.1, 0.15) is 32.4 Å². The number of amides is 1. The van der Waals surface area contributed by atoms with Crippen LogP contribution < -0.4 is 5.32 Å². The number of carbonyl (C=O) groups is 1. The van der Waals surface area contributed by atoms with Crippen molar-refractivity contribution in [2.75, 3.05) is 0 Å². The molecule has 2 aromatic heterocycles. The van der Waals surface area contributed by atoms with E-state index in [0.29, 0.717) is 29.4 Å². The van der Waals surface area contributed by atoms with Crippen LogP contribution in [-0.2, 0) is 18.7 Å². The van der Waals surface area contributed by atoms with Crippen LogP contribution in [-0.4, -0.2) is 25.7 Å². The van der Waals surface area contributed by atoms with Crippen LogP contribution in [0.25, 0.3) is 5.69 Å². The van der Waals surface area contributed by atoms with Crippen LogP contribution in [0.4, 0.5) is 0 Å². The number of nitrogens with one attached hydrogen (secondary N) is 1. The topological polar surface area (TPSA) is 72.7 Å². The first-order valence-corrected chi connectivity index (χ1v) is 13.5. The van der Waals surface area contributed by atoms with E-state index < -0.39 is 0 Å². The van der Waals surface area contributed by atoms with Gasteiger partial charge in [0.2, 0.25) is 0 Å². The highest BCUT2D eigenvalue weighted by Crippen LogP contribution is 2.28. The van der Waals surface area contributed by atoms with Crippen molar-refractivity contribution in [2.45, 2.75) is 23.9 Å². The predicted octanol–water partition coefficient (Wildman–Crippen LogP) is 6.19. The fourth-order valence-electron chi connectivity index (χ4n) is 3.64. The molecule has 0 spiro atoms. The molecule has 0 aliphatic heterocycles. The van der Waals surface area contributed by atoms with E-state index in [1.54, 1.807) is 5.38 Å². The summed E-state index contributed by atoms with van der Waals surface area (Å²) in [7, 11) is 0. The maximum atomic E-state index is 12.5. The minimum absolute atomic E-state index is 0.182. The van der Waals surface area contributed by atoms with Gasteiger partial charge in [0, 0.05) is 23.4 Å². The number of carbonyl (C=O) groups excluding carboxylic acids is 1. The lowest BCUT2D eigenvalue weighted by atomic mass is 10.1. The molecule has 0 atom stereocenters. The summed E-state index contributed by atoms with van der Waals surface area (Å²) in [6.07, 6.45) is 0.643. The van der Waals surface area contributed by atoms with Crippen LogP contribution in [0.15, 0.2) is 95.5 Å². The minimum atomic E-state index is -0.182. The van der Waals surface area contributed by atoms with Crippen molar-refractivity contribution < 1.29 is 4.79 Å². The van der Waals surface area contributed by atoms with Crippen molar-refractivity contribution in [2.24, 2.45) is 0 Å². The van der Waals surface area contributed by atoms with Gasteiger partial charge in [0.05, 0.1) is 11.4 Å². The molecular weight excluding hydrogens is 510 g/mol. The third-order valence-corrected chi connectivity index (χ3v) is 7.58. The summed E-state index contributed by atoms with van der Waals surface area (Å²) in [4.78, 5) is 17.1. The summed E-state index contributed by atoms with van der Waals surface area (Å²) in [6.45, 7) is 0.466. The third-order valence-electron chi connectivity index (χ3n) is 5.38. The van der Waals surface area contributed by atoms with Gasteiger partial charge >= 0.3 is 0 Å². The Morgan fingerprint density at radius 1 is 0.944 bits per heavy atom. The molecule has 0 radical (unpaired) electrons. The van der Waals surface area contributed by atoms with Gasteiger partial charge in [-0.2, -0.15) is 0 Å². The molecule has 0 saturated carbocycles. The molecule has 0 fully saturated rings. The van der Waals surface area contributed by atoms with Gasteiger partial charge < -0.3 is 5.32 Å². The summed E-state index contributed by atoms with van der Waals surface area (Å²) in [5.74, 6) is 1.21. The molecule has 0 bridgehead atoms. The standard InChI is InChI=1S/C27H22ClN5OS2/c28-21-12-7-13-22(15-21)33-24(14-19-8-3-1-4-9-19)31-32-27(33)36-18-25-30-23(17-35-25)26(34)29-16-20-10-5-2-6-11-20/h1-13,15,17H,14,16,18H2,(H,29,34). The molecule has 9 heteroatoms. The maximum Gasteiger partial charge on any atom is 0.271 e. The van der Waals surface area contributed by atoms with Gasteiger partial charge in [-0.3, -0.25) is 9.36 Å². The van der Waals surface area contributed by atoms with E-state index in [1.165, 1.54) is 23.1 Å². The van der Waals surface area contributed by atoms with E-state index in [9.17, 15) is 4.79 Å². The SMILES string of the molecule is O=C(NCc1ccccc1)c1csc(CSc2nnc(Cc3ccccc3)n2-c2cccc(Cl)c2)n1. The zero-order chi connectivity index (χ0) is 24.7. The predicted molar refractivity (Wildman–Crippen MR) is 145 cm³/mol. The molecule has 0 aliphatic rings. The second-order valence-electron chi connectivity index (χ2n) is 7.96. The number of rotatable bonds is 9. The summed E-state index contributed by atoms with van der Waals surface area (Å²) in [5.41, 5.74) is 3.52. The van der Waals surface area contributed by atoms with Crippen LogP contribution >= 0.6 is 34.7 Å². The van der Waals surface area contributed by atoms with Crippen molar-refractivity contribution >= 4 is 40.6 Å². The number of thiazole rings is 1. The highest BCUT2D eigenvalue weighted by Gasteiger charge is 2.17. The summed E-state index contributed by atoms with van der Waals surface area (Å²) >= 11 is 9.28. The Morgan fingerprint density at radius 2 is 1.69 bits per heavy atom. The fourth-order valence-corrected chi connectivity index (χ4v) is 5.59. The number of hydrogen-bond donors (Lipinski definition) is 1. The molecule has 1 amide bonds. The van der Waals surface area contributed by atoms with Crippen molar-refractivity contribution in [3.63, 3.8) is 0 Å². The van der Waals surface area contributed by atoms with Crippen LogP contribution in [0.3, 0.4) is 0 Å². The monoisotopic (exact) mass is 531 g/mol.